The molecule has 0 spiro atoms. The molecule has 2 aromatic carbocycles. The Labute approximate surface area is 152 Å². The van der Waals surface area contributed by atoms with E-state index in [-0.39, 0.29) is 23.8 Å². The SMILES string of the molecule is CC[C@H](NC(=O)[C@@H]1C[C@H]1c1ccccc1OC)c1nc2ccccc2[nH]1. The van der Waals surface area contributed by atoms with Crippen molar-refractivity contribution < 1.29 is 9.53 Å². The molecular formula is C21H23N3O2. The average molecular weight is 349 g/mol. The lowest BCUT2D eigenvalue weighted by Gasteiger charge is -2.15. The predicted molar refractivity (Wildman–Crippen MR) is 101 cm³/mol. The predicted octanol–water partition coefficient (Wildman–Crippen LogP) is 3.94. The van der Waals surface area contributed by atoms with Gasteiger partial charge in [-0.25, -0.2) is 4.98 Å². The van der Waals surface area contributed by atoms with E-state index >= 15 is 0 Å². The maximum atomic E-state index is 12.8. The first-order chi connectivity index (χ1) is 12.7. The van der Waals surface area contributed by atoms with E-state index in [1.807, 2.05) is 48.5 Å². The molecule has 0 unspecified atom stereocenters. The van der Waals surface area contributed by atoms with Crippen LogP contribution < -0.4 is 10.1 Å². The number of para-hydroxylation sites is 3. The Hall–Kier alpha value is -2.82. The monoisotopic (exact) mass is 349 g/mol. The molecule has 0 bridgehead atoms. The summed E-state index contributed by atoms with van der Waals surface area (Å²) in [5.74, 6) is 2.01. The molecule has 1 amide bonds. The summed E-state index contributed by atoms with van der Waals surface area (Å²) in [4.78, 5) is 20.7. The molecule has 2 N–H and O–H groups in total. The average Bonchev–Trinajstić information content (AvgIpc) is 3.36. The molecule has 134 valence electrons. The molecule has 5 heteroatoms. The molecule has 1 aliphatic carbocycles. The molecule has 26 heavy (non-hydrogen) atoms. The van der Waals surface area contributed by atoms with Gasteiger partial charge in [-0.1, -0.05) is 37.3 Å². The Morgan fingerprint density at radius 2 is 2.04 bits per heavy atom. The number of benzene rings is 2. The lowest BCUT2D eigenvalue weighted by atomic mass is 10.1. The molecule has 1 heterocycles. The zero-order chi connectivity index (χ0) is 18.1. The van der Waals surface area contributed by atoms with Gasteiger partial charge in [0.15, 0.2) is 0 Å². The van der Waals surface area contributed by atoms with Crippen molar-refractivity contribution >= 4 is 16.9 Å². The first-order valence-electron chi connectivity index (χ1n) is 9.09. The molecular weight excluding hydrogens is 326 g/mol. The van der Waals surface area contributed by atoms with Crippen LogP contribution in [0.25, 0.3) is 11.0 Å². The summed E-state index contributed by atoms with van der Waals surface area (Å²) in [6.07, 6.45) is 1.65. The van der Waals surface area contributed by atoms with E-state index in [4.69, 9.17) is 4.74 Å². The van der Waals surface area contributed by atoms with E-state index < -0.39 is 0 Å². The third kappa shape index (κ3) is 3.05. The third-order valence-electron chi connectivity index (χ3n) is 5.13. The Bertz CT molecular complexity index is 901. The molecule has 4 rings (SSSR count). The summed E-state index contributed by atoms with van der Waals surface area (Å²) >= 11 is 0. The lowest BCUT2D eigenvalue weighted by molar-refractivity contribution is -0.123. The normalized spacial score (nSPS) is 19.9. The molecule has 3 aromatic rings. The molecule has 1 aliphatic rings. The number of aromatic nitrogens is 2. The van der Waals surface area contributed by atoms with Crippen LogP contribution in [0.1, 0.15) is 43.1 Å². The lowest BCUT2D eigenvalue weighted by Crippen LogP contribution is -2.30. The highest BCUT2D eigenvalue weighted by atomic mass is 16.5. The van der Waals surface area contributed by atoms with Gasteiger partial charge < -0.3 is 15.0 Å². The number of fused-ring (bicyclic) bond motifs is 1. The highest BCUT2D eigenvalue weighted by Gasteiger charge is 2.45. The van der Waals surface area contributed by atoms with Gasteiger partial charge in [-0.15, -0.1) is 0 Å². The number of hydrogen-bond acceptors (Lipinski definition) is 3. The van der Waals surface area contributed by atoms with Crippen molar-refractivity contribution in [1.29, 1.82) is 0 Å². The van der Waals surface area contributed by atoms with Gasteiger partial charge in [-0.2, -0.15) is 0 Å². The zero-order valence-electron chi connectivity index (χ0n) is 15.0. The number of imidazole rings is 1. The number of carbonyl (C=O) groups excluding carboxylic acids is 1. The minimum Gasteiger partial charge on any atom is -0.496 e. The van der Waals surface area contributed by atoms with Crippen molar-refractivity contribution in [3.8, 4) is 5.75 Å². The second kappa shape index (κ2) is 6.83. The second-order valence-corrected chi connectivity index (χ2v) is 6.80. The van der Waals surface area contributed by atoms with Gasteiger partial charge in [0.25, 0.3) is 0 Å². The molecule has 5 nitrogen and oxygen atoms in total. The number of hydrogen-bond donors (Lipinski definition) is 2. The number of nitrogens with one attached hydrogen (secondary N) is 2. The van der Waals surface area contributed by atoms with Gasteiger partial charge in [0, 0.05) is 5.92 Å². The van der Waals surface area contributed by atoms with E-state index in [9.17, 15) is 4.79 Å². The number of aromatic amines is 1. The number of rotatable bonds is 6. The van der Waals surface area contributed by atoms with Crippen LogP contribution in [0.2, 0.25) is 0 Å². The number of nitrogens with zero attached hydrogens (tertiary/aromatic N) is 1. The fourth-order valence-corrected chi connectivity index (χ4v) is 3.58. The van der Waals surface area contributed by atoms with Gasteiger partial charge >= 0.3 is 0 Å². The standard InChI is InChI=1S/C21H23N3O2/c1-3-16(20-22-17-9-5-6-10-18(17)23-20)24-21(25)15-12-14(15)13-8-4-7-11-19(13)26-2/h4-11,14-16H,3,12H2,1-2H3,(H,22,23)(H,24,25)/t14-,15+,16-/m0/s1. The van der Waals surface area contributed by atoms with Crippen molar-refractivity contribution in [3.63, 3.8) is 0 Å². The summed E-state index contributed by atoms with van der Waals surface area (Å²) in [7, 11) is 1.67. The van der Waals surface area contributed by atoms with Crippen molar-refractivity contribution in [1.82, 2.24) is 15.3 Å². The largest absolute Gasteiger partial charge is 0.496 e. The summed E-state index contributed by atoms with van der Waals surface area (Å²) in [5.41, 5.74) is 3.04. The number of amides is 1. The van der Waals surface area contributed by atoms with Crippen LogP contribution in [0.4, 0.5) is 0 Å². The van der Waals surface area contributed by atoms with Gasteiger partial charge in [-0.05, 0) is 42.5 Å². The summed E-state index contributed by atoms with van der Waals surface area (Å²) in [5, 5.41) is 3.17. The minimum absolute atomic E-state index is 0.00438. The van der Waals surface area contributed by atoms with E-state index in [2.05, 4.69) is 22.2 Å². The van der Waals surface area contributed by atoms with Crippen molar-refractivity contribution in [2.24, 2.45) is 5.92 Å². The molecule has 1 aromatic heterocycles. The first kappa shape index (κ1) is 16.6. The van der Waals surface area contributed by atoms with Crippen LogP contribution in [0, 0.1) is 5.92 Å². The highest BCUT2D eigenvalue weighted by molar-refractivity contribution is 5.83. The molecule has 1 fully saturated rings. The minimum atomic E-state index is -0.103. The Balaban J connectivity index is 1.47. The van der Waals surface area contributed by atoms with Crippen LogP contribution in [0.5, 0.6) is 5.75 Å². The first-order valence-corrected chi connectivity index (χ1v) is 9.09. The Morgan fingerprint density at radius 3 is 2.81 bits per heavy atom. The van der Waals surface area contributed by atoms with Gasteiger partial charge in [0.05, 0.1) is 24.2 Å². The van der Waals surface area contributed by atoms with Crippen LogP contribution in [-0.2, 0) is 4.79 Å². The number of methoxy groups -OCH3 is 1. The van der Waals surface area contributed by atoms with Gasteiger partial charge in [0.1, 0.15) is 11.6 Å². The van der Waals surface area contributed by atoms with Crippen LogP contribution in [-0.4, -0.2) is 23.0 Å². The fourth-order valence-electron chi connectivity index (χ4n) is 3.58. The zero-order valence-corrected chi connectivity index (χ0v) is 15.0. The van der Waals surface area contributed by atoms with E-state index in [1.54, 1.807) is 7.11 Å². The highest BCUT2D eigenvalue weighted by Crippen LogP contribution is 2.50. The van der Waals surface area contributed by atoms with Crippen LogP contribution >= 0.6 is 0 Å². The maximum Gasteiger partial charge on any atom is 0.224 e. The fraction of sp³-hybridized carbons (Fsp3) is 0.333. The smallest absolute Gasteiger partial charge is 0.224 e. The maximum absolute atomic E-state index is 12.8. The van der Waals surface area contributed by atoms with Crippen molar-refractivity contribution in [2.45, 2.75) is 31.7 Å². The number of carbonyl (C=O) groups is 1. The quantitative estimate of drug-likeness (QED) is 0.708. The topological polar surface area (TPSA) is 67.0 Å². The molecule has 0 aliphatic heterocycles. The molecule has 0 saturated heterocycles. The molecule has 3 atom stereocenters. The summed E-state index contributed by atoms with van der Waals surface area (Å²) in [6, 6.07) is 15.8. The third-order valence-corrected chi connectivity index (χ3v) is 5.13. The Kier molecular flexibility index (Phi) is 4.37. The second-order valence-electron chi connectivity index (χ2n) is 6.80. The number of ether oxygens (including phenoxy) is 1. The Morgan fingerprint density at radius 1 is 1.27 bits per heavy atom. The van der Waals surface area contributed by atoms with Crippen LogP contribution in [0.3, 0.4) is 0 Å². The van der Waals surface area contributed by atoms with Crippen molar-refractivity contribution in [3.05, 3.63) is 59.9 Å². The van der Waals surface area contributed by atoms with E-state index in [0.29, 0.717) is 0 Å². The summed E-state index contributed by atoms with van der Waals surface area (Å²) < 4.78 is 5.43. The van der Waals surface area contributed by atoms with Crippen LogP contribution in [0.15, 0.2) is 48.5 Å². The van der Waals surface area contributed by atoms with E-state index in [0.717, 1.165) is 41.0 Å². The summed E-state index contributed by atoms with van der Waals surface area (Å²) in [6.45, 7) is 2.06. The van der Waals surface area contributed by atoms with Crippen molar-refractivity contribution in [2.75, 3.05) is 7.11 Å². The number of H-pyrrole nitrogens is 1. The molecule has 0 radical (unpaired) electrons. The van der Waals surface area contributed by atoms with E-state index in [1.165, 1.54) is 0 Å². The van der Waals surface area contributed by atoms with Gasteiger partial charge in [-0.3, -0.25) is 4.79 Å². The van der Waals surface area contributed by atoms with Gasteiger partial charge in [0.2, 0.25) is 5.91 Å². The molecule has 1 saturated carbocycles.